The largest absolute Gasteiger partial charge is 0.349 e. The van der Waals surface area contributed by atoms with Crippen LogP contribution in [0.5, 0.6) is 0 Å². The Morgan fingerprint density at radius 3 is 1.77 bits per heavy atom. The van der Waals surface area contributed by atoms with Crippen molar-refractivity contribution in [2.75, 3.05) is 10.6 Å². The predicted octanol–water partition coefficient (Wildman–Crippen LogP) is 1.94. The molecule has 0 saturated carbocycles. The summed E-state index contributed by atoms with van der Waals surface area (Å²) in [7, 11) is 0. The van der Waals surface area contributed by atoms with Crippen LogP contribution in [0.2, 0.25) is 0 Å². The number of hydrogen-bond donors (Lipinski definition) is 3. The molecule has 35 heavy (non-hydrogen) atoms. The summed E-state index contributed by atoms with van der Waals surface area (Å²) in [5, 5.41) is 33.7. The van der Waals surface area contributed by atoms with E-state index in [1.165, 1.54) is 0 Å². The molecule has 4 N–H and O–H groups in total. The van der Waals surface area contributed by atoms with Crippen molar-refractivity contribution < 1.29 is 0 Å². The second-order valence-corrected chi connectivity index (χ2v) is 7.76. The minimum Gasteiger partial charge on any atom is -0.349 e. The fourth-order valence-electron chi connectivity index (χ4n) is 3.86. The van der Waals surface area contributed by atoms with E-state index in [9.17, 15) is 15.8 Å². The number of fused-ring (bicyclic) bond motifs is 4. The maximum atomic E-state index is 9.27. The van der Waals surface area contributed by atoms with Crippen molar-refractivity contribution in [3.05, 3.63) is 47.8 Å². The van der Waals surface area contributed by atoms with Crippen molar-refractivity contribution in [1.29, 1.82) is 15.8 Å². The van der Waals surface area contributed by atoms with Crippen molar-refractivity contribution in [2.24, 2.45) is 5.73 Å². The zero-order valence-corrected chi connectivity index (χ0v) is 17.7. The number of nitrogens with two attached hydrogens (primary N) is 1. The number of anilines is 2. The van der Waals surface area contributed by atoms with E-state index in [0.717, 1.165) is 11.1 Å². The Labute approximate surface area is 196 Å². The molecule has 6 rings (SSSR count). The Hall–Kier alpha value is -5.51. The fraction of sp³-hybridized carbons (Fsp3) is 0.0870. The van der Waals surface area contributed by atoms with Gasteiger partial charge in [0.1, 0.15) is 24.3 Å². The van der Waals surface area contributed by atoms with Crippen LogP contribution in [0.25, 0.3) is 44.5 Å². The molecule has 4 heterocycles. The standard InChI is InChI=1S/C23H12N12/c24-7-16-17(8-25)33-21-20(32-16)28-12-3-1-10(5-14(12)30-21)11-2-4-13-15(6-11)31-22-23(29-13)35-19(27)18(9-26)34-22/h1-6,18-19H,27H2,(H,29,35)(H,31,34). The van der Waals surface area contributed by atoms with Crippen LogP contribution in [0.1, 0.15) is 11.4 Å². The Balaban J connectivity index is 1.44. The van der Waals surface area contributed by atoms with Gasteiger partial charge in [-0.25, -0.2) is 29.9 Å². The maximum absolute atomic E-state index is 9.27. The van der Waals surface area contributed by atoms with Gasteiger partial charge in [-0.3, -0.25) is 0 Å². The van der Waals surface area contributed by atoms with E-state index in [2.05, 4.69) is 46.6 Å². The topological polar surface area (TPSA) is 199 Å². The molecule has 12 nitrogen and oxygen atoms in total. The third kappa shape index (κ3) is 3.25. The maximum Gasteiger partial charge on any atom is 0.199 e. The van der Waals surface area contributed by atoms with Gasteiger partial charge in [0.25, 0.3) is 0 Å². The van der Waals surface area contributed by atoms with Crippen molar-refractivity contribution >= 4 is 45.0 Å². The molecule has 2 aromatic carbocycles. The van der Waals surface area contributed by atoms with Crippen molar-refractivity contribution in [3.8, 4) is 29.3 Å². The van der Waals surface area contributed by atoms with Crippen LogP contribution >= 0.6 is 0 Å². The average molecular weight is 456 g/mol. The lowest BCUT2D eigenvalue weighted by atomic mass is 10.0. The molecule has 0 aliphatic carbocycles. The van der Waals surface area contributed by atoms with Crippen molar-refractivity contribution in [3.63, 3.8) is 0 Å². The van der Waals surface area contributed by atoms with Gasteiger partial charge in [0.15, 0.2) is 34.3 Å². The predicted molar refractivity (Wildman–Crippen MR) is 125 cm³/mol. The van der Waals surface area contributed by atoms with E-state index in [1.54, 1.807) is 6.07 Å². The first kappa shape index (κ1) is 20.1. The average Bonchev–Trinajstić information content (AvgIpc) is 2.89. The zero-order chi connectivity index (χ0) is 24.1. The van der Waals surface area contributed by atoms with Crippen LogP contribution in [-0.2, 0) is 0 Å². The summed E-state index contributed by atoms with van der Waals surface area (Å²) in [4.78, 5) is 26.4. The molecule has 164 valence electrons. The first-order valence-corrected chi connectivity index (χ1v) is 10.4. The first-order chi connectivity index (χ1) is 17.1. The van der Waals surface area contributed by atoms with Gasteiger partial charge >= 0.3 is 0 Å². The fourth-order valence-corrected chi connectivity index (χ4v) is 3.86. The van der Waals surface area contributed by atoms with Gasteiger partial charge in [-0.15, -0.1) is 0 Å². The molecule has 3 aromatic heterocycles. The molecule has 0 bridgehead atoms. The van der Waals surface area contributed by atoms with Crippen LogP contribution < -0.4 is 16.4 Å². The lowest BCUT2D eigenvalue weighted by molar-refractivity contribution is 0.685. The number of aromatic nitrogens is 6. The number of nitriles is 3. The Morgan fingerprint density at radius 2 is 1.17 bits per heavy atom. The van der Waals surface area contributed by atoms with E-state index in [4.69, 9.17) is 5.73 Å². The van der Waals surface area contributed by atoms with Gasteiger partial charge in [-0.1, -0.05) is 12.1 Å². The highest BCUT2D eigenvalue weighted by Gasteiger charge is 2.26. The van der Waals surface area contributed by atoms with Crippen LogP contribution in [-0.4, -0.2) is 42.1 Å². The SMILES string of the molecule is N#Cc1nc2nc3ccc(-c4ccc5nc6c(nc5c4)NC(C#N)C(N)N6)cc3nc2nc1C#N. The van der Waals surface area contributed by atoms with E-state index in [-0.39, 0.29) is 22.7 Å². The normalized spacial score (nSPS) is 16.5. The molecule has 2 unspecified atom stereocenters. The molecule has 2 atom stereocenters. The Morgan fingerprint density at radius 1 is 0.657 bits per heavy atom. The molecule has 0 fully saturated rings. The molecule has 5 aromatic rings. The van der Waals surface area contributed by atoms with Gasteiger partial charge < -0.3 is 16.4 Å². The summed E-state index contributed by atoms with van der Waals surface area (Å²) in [6, 6.07) is 16.4. The summed E-state index contributed by atoms with van der Waals surface area (Å²) in [6.45, 7) is 0. The number of nitrogens with one attached hydrogen (secondary N) is 2. The number of nitrogens with zero attached hydrogens (tertiary/aromatic N) is 9. The molecule has 0 spiro atoms. The first-order valence-electron chi connectivity index (χ1n) is 10.4. The lowest BCUT2D eigenvalue weighted by Crippen LogP contribution is -2.48. The third-order valence-corrected chi connectivity index (χ3v) is 5.59. The zero-order valence-electron chi connectivity index (χ0n) is 17.7. The van der Waals surface area contributed by atoms with Crippen LogP contribution in [0.4, 0.5) is 11.6 Å². The van der Waals surface area contributed by atoms with Gasteiger partial charge in [0, 0.05) is 0 Å². The van der Waals surface area contributed by atoms with Crippen molar-refractivity contribution in [1.82, 2.24) is 29.9 Å². The van der Waals surface area contributed by atoms with Gasteiger partial charge in [0.05, 0.1) is 28.1 Å². The highest BCUT2D eigenvalue weighted by atomic mass is 15.2. The van der Waals surface area contributed by atoms with E-state index in [1.807, 2.05) is 42.5 Å². The third-order valence-electron chi connectivity index (χ3n) is 5.59. The van der Waals surface area contributed by atoms with Crippen LogP contribution in [0.3, 0.4) is 0 Å². The Kier molecular flexibility index (Phi) is 4.33. The molecule has 12 heteroatoms. The summed E-state index contributed by atoms with van der Waals surface area (Å²) in [5.41, 5.74) is 10.3. The summed E-state index contributed by atoms with van der Waals surface area (Å²) in [5.74, 6) is 0.955. The van der Waals surface area contributed by atoms with Crippen LogP contribution in [0, 0.1) is 34.0 Å². The summed E-state index contributed by atoms with van der Waals surface area (Å²) >= 11 is 0. The minimum atomic E-state index is -0.625. The highest BCUT2D eigenvalue weighted by molar-refractivity contribution is 5.90. The monoisotopic (exact) mass is 456 g/mol. The number of hydrogen-bond acceptors (Lipinski definition) is 12. The summed E-state index contributed by atoms with van der Waals surface area (Å²) in [6.07, 6.45) is -0.589. The van der Waals surface area contributed by atoms with Gasteiger partial charge in [-0.2, -0.15) is 15.8 Å². The second-order valence-electron chi connectivity index (χ2n) is 7.76. The smallest absolute Gasteiger partial charge is 0.199 e. The number of rotatable bonds is 1. The molecule has 1 aliphatic rings. The minimum absolute atomic E-state index is 0.0857. The second kappa shape index (κ2) is 7.52. The highest BCUT2D eigenvalue weighted by Crippen LogP contribution is 2.30. The number of benzene rings is 2. The molecule has 0 amide bonds. The Bertz CT molecular complexity index is 1830. The van der Waals surface area contributed by atoms with Gasteiger partial charge in [-0.05, 0) is 35.4 Å². The molecule has 0 radical (unpaired) electrons. The lowest BCUT2D eigenvalue weighted by Gasteiger charge is -2.28. The molecular formula is C23H12N12. The van der Waals surface area contributed by atoms with Crippen LogP contribution in [0.15, 0.2) is 36.4 Å². The van der Waals surface area contributed by atoms with E-state index in [0.29, 0.717) is 33.7 Å². The van der Waals surface area contributed by atoms with E-state index >= 15 is 0 Å². The molecular weight excluding hydrogens is 444 g/mol. The van der Waals surface area contributed by atoms with Gasteiger partial charge in [0.2, 0.25) is 0 Å². The molecule has 1 aliphatic heterocycles. The molecule has 0 saturated heterocycles. The van der Waals surface area contributed by atoms with Crippen molar-refractivity contribution in [2.45, 2.75) is 12.2 Å². The van der Waals surface area contributed by atoms with E-state index < -0.39 is 12.2 Å². The summed E-state index contributed by atoms with van der Waals surface area (Å²) < 4.78 is 0. The quantitative estimate of drug-likeness (QED) is 0.310.